The molecule has 0 saturated heterocycles. The van der Waals surface area contributed by atoms with Crippen molar-refractivity contribution < 1.29 is 4.79 Å². The van der Waals surface area contributed by atoms with Gasteiger partial charge in [0.05, 0.1) is 6.07 Å². The molecule has 94 valence electrons. The Bertz CT molecular complexity index is 333. The topological polar surface area (TPSA) is 44.1 Å². The van der Waals surface area contributed by atoms with E-state index in [-0.39, 0.29) is 5.91 Å². The van der Waals surface area contributed by atoms with Gasteiger partial charge in [0.25, 0.3) is 0 Å². The number of hydrogen-bond donors (Lipinski definition) is 0. The van der Waals surface area contributed by atoms with Crippen molar-refractivity contribution in [3.05, 3.63) is 0 Å². The Hall–Kier alpha value is -1.04. The zero-order chi connectivity index (χ0) is 12.5. The smallest absolute Gasteiger partial charge is 0.243 e. The molecule has 0 spiro atoms. The van der Waals surface area contributed by atoms with Crippen LogP contribution in [0.5, 0.6) is 0 Å². The molecule has 3 nitrogen and oxygen atoms in total. The first-order valence-corrected chi connectivity index (χ1v) is 6.89. The second kappa shape index (κ2) is 4.68. The molecule has 0 bridgehead atoms. The summed E-state index contributed by atoms with van der Waals surface area (Å²) in [7, 11) is 0. The normalized spacial score (nSPS) is 19.8. The third kappa shape index (κ3) is 2.46. The van der Waals surface area contributed by atoms with Gasteiger partial charge in [-0.2, -0.15) is 5.26 Å². The van der Waals surface area contributed by atoms with E-state index in [1.807, 2.05) is 18.7 Å². The highest BCUT2D eigenvalue weighted by molar-refractivity contribution is 5.86. The Morgan fingerprint density at radius 1 is 1.29 bits per heavy atom. The molecule has 0 atom stereocenters. The van der Waals surface area contributed by atoms with E-state index in [4.69, 9.17) is 0 Å². The lowest BCUT2D eigenvalue weighted by atomic mass is 9.82. The van der Waals surface area contributed by atoms with Crippen LogP contribution in [0.25, 0.3) is 0 Å². The lowest BCUT2D eigenvalue weighted by Crippen LogP contribution is -2.45. The van der Waals surface area contributed by atoms with Gasteiger partial charge in [0.2, 0.25) is 5.91 Å². The van der Waals surface area contributed by atoms with E-state index < -0.39 is 5.41 Å². The van der Waals surface area contributed by atoms with E-state index in [0.29, 0.717) is 24.8 Å². The van der Waals surface area contributed by atoms with Gasteiger partial charge in [-0.25, -0.2) is 0 Å². The molecule has 0 N–H and O–H groups in total. The molecule has 0 aromatic carbocycles. The van der Waals surface area contributed by atoms with Crippen molar-refractivity contribution in [3.63, 3.8) is 0 Å². The first kappa shape index (κ1) is 12.4. The summed E-state index contributed by atoms with van der Waals surface area (Å²) >= 11 is 0. The molecular formula is C14H22N2O. The Balaban J connectivity index is 2.10. The van der Waals surface area contributed by atoms with Gasteiger partial charge in [0, 0.05) is 12.6 Å². The summed E-state index contributed by atoms with van der Waals surface area (Å²) in [6, 6.07) is 2.72. The van der Waals surface area contributed by atoms with Crippen LogP contribution in [-0.2, 0) is 4.79 Å². The lowest BCUT2D eigenvalue weighted by Gasteiger charge is -2.31. The second-order valence-corrected chi connectivity index (χ2v) is 5.53. The molecule has 2 fully saturated rings. The van der Waals surface area contributed by atoms with Crippen molar-refractivity contribution in [1.29, 1.82) is 5.26 Å². The van der Waals surface area contributed by atoms with Crippen LogP contribution in [-0.4, -0.2) is 23.4 Å². The van der Waals surface area contributed by atoms with E-state index in [0.717, 1.165) is 19.4 Å². The number of nitriles is 1. The minimum atomic E-state index is -0.766. The van der Waals surface area contributed by atoms with Gasteiger partial charge in [0.15, 0.2) is 0 Å². The average Bonchev–Trinajstić information content (AvgIpc) is 3.21. The summed E-state index contributed by atoms with van der Waals surface area (Å²) in [6.07, 6.45) is 6.04. The Morgan fingerprint density at radius 2 is 1.88 bits per heavy atom. The summed E-state index contributed by atoms with van der Waals surface area (Å²) in [5.41, 5.74) is -0.766. The molecule has 0 radical (unpaired) electrons. The van der Waals surface area contributed by atoms with Crippen molar-refractivity contribution in [2.45, 2.75) is 58.4 Å². The van der Waals surface area contributed by atoms with Crippen LogP contribution in [0.1, 0.15) is 52.4 Å². The van der Waals surface area contributed by atoms with Crippen molar-refractivity contribution >= 4 is 5.91 Å². The lowest BCUT2D eigenvalue weighted by molar-refractivity contribution is -0.140. The third-order valence-electron chi connectivity index (χ3n) is 4.23. The molecule has 17 heavy (non-hydrogen) atoms. The summed E-state index contributed by atoms with van der Waals surface area (Å²) < 4.78 is 0. The molecule has 2 aliphatic rings. The minimum Gasteiger partial charge on any atom is -0.338 e. The predicted molar refractivity (Wildman–Crippen MR) is 66.1 cm³/mol. The average molecular weight is 234 g/mol. The molecule has 2 saturated carbocycles. The fraction of sp³-hybridized carbons (Fsp3) is 0.857. The van der Waals surface area contributed by atoms with Crippen molar-refractivity contribution in [2.24, 2.45) is 11.3 Å². The Morgan fingerprint density at radius 3 is 2.24 bits per heavy atom. The summed E-state index contributed by atoms with van der Waals surface area (Å²) in [4.78, 5) is 14.6. The van der Waals surface area contributed by atoms with Gasteiger partial charge in [-0.1, -0.05) is 13.8 Å². The van der Waals surface area contributed by atoms with Crippen LogP contribution in [0, 0.1) is 22.7 Å². The molecule has 2 aliphatic carbocycles. The molecule has 3 heteroatoms. The highest BCUT2D eigenvalue weighted by atomic mass is 16.2. The minimum absolute atomic E-state index is 0.0967. The fourth-order valence-corrected chi connectivity index (χ4v) is 2.40. The van der Waals surface area contributed by atoms with E-state index in [1.165, 1.54) is 12.8 Å². The van der Waals surface area contributed by atoms with Crippen molar-refractivity contribution in [3.8, 4) is 6.07 Å². The summed E-state index contributed by atoms with van der Waals surface area (Å²) in [5, 5.41) is 9.35. The number of rotatable bonds is 6. The maximum atomic E-state index is 12.6. The van der Waals surface area contributed by atoms with Crippen LogP contribution in [0.4, 0.5) is 0 Å². The van der Waals surface area contributed by atoms with Crippen molar-refractivity contribution in [1.82, 2.24) is 4.90 Å². The van der Waals surface area contributed by atoms with Crippen LogP contribution in [0.3, 0.4) is 0 Å². The third-order valence-corrected chi connectivity index (χ3v) is 4.23. The van der Waals surface area contributed by atoms with Gasteiger partial charge in [-0.15, -0.1) is 0 Å². The predicted octanol–water partition coefficient (Wildman–Crippen LogP) is 2.72. The first-order valence-electron chi connectivity index (χ1n) is 6.89. The van der Waals surface area contributed by atoms with Gasteiger partial charge in [0.1, 0.15) is 5.41 Å². The molecule has 0 aliphatic heterocycles. The Kier molecular flexibility index (Phi) is 3.42. The van der Waals surface area contributed by atoms with E-state index >= 15 is 0 Å². The molecule has 2 rings (SSSR count). The zero-order valence-electron chi connectivity index (χ0n) is 10.9. The number of amides is 1. The van der Waals surface area contributed by atoms with Crippen LogP contribution in [0.15, 0.2) is 0 Å². The second-order valence-electron chi connectivity index (χ2n) is 5.53. The fourth-order valence-electron chi connectivity index (χ4n) is 2.40. The maximum absolute atomic E-state index is 12.6. The maximum Gasteiger partial charge on any atom is 0.243 e. The van der Waals surface area contributed by atoms with Crippen molar-refractivity contribution in [2.75, 3.05) is 6.54 Å². The number of carbonyl (C=O) groups is 1. The number of hydrogen-bond acceptors (Lipinski definition) is 2. The highest BCUT2D eigenvalue weighted by Gasteiger charge is 2.44. The van der Waals surface area contributed by atoms with Crippen LogP contribution < -0.4 is 0 Å². The molecule has 0 aromatic rings. The zero-order valence-corrected chi connectivity index (χ0v) is 10.9. The largest absolute Gasteiger partial charge is 0.338 e. The standard InChI is InChI=1S/C14H22N2O/c1-3-14(4-2,10-15)13(17)16(12-7-8-12)9-11-5-6-11/h11-12H,3-9H2,1-2H3. The number of carbonyl (C=O) groups excluding carboxylic acids is 1. The van der Waals surface area contributed by atoms with Crippen LogP contribution >= 0.6 is 0 Å². The SMILES string of the molecule is CCC(C#N)(CC)C(=O)N(CC1CC1)C1CC1. The monoisotopic (exact) mass is 234 g/mol. The van der Waals surface area contributed by atoms with E-state index in [1.54, 1.807) is 0 Å². The summed E-state index contributed by atoms with van der Waals surface area (Å²) in [6.45, 7) is 4.80. The van der Waals surface area contributed by atoms with E-state index in [9.17, 15) is 10.1 Å². The highest BCUT2D eigenvalue weighted by Crippen LogP contribution is 2.38. The van der Waals surface area contributed by atoms with Gasteiger partial charge >= 0.3 is 0 Å². The molecule has 1 amide bonds. The van der Waals surface area contributed by atoms with Gasteiger partial charge < -0.3 is 4.90 Å². The summed E-state index contributed by atoms with van der Waals surface area (Å²) in [5.74, 6) is 0.809. The molecular weight excluding hydrogens is 212 g/mol. The first-order chi connectivity index (χ1) is 8.16. The van der Waals surface area contributed by atoms with Gasteiger partial charge in [-0.05, 0) is 44.4 Å². The van der Waals surface area contributed by atoms with Gasteiger partial charge in [-0.3, -0.25) is 4.79 Å². The molecule has 0 aromatic heterocycles. The quantitative estimate of drug-likeness (QED) is 0.709. The van der Waals surface area contributed by atoms with Crippen LogP contribution in [0.2, 0.25) is 0 Å². The van der Waals surface area contributed by atoms with E-state index in [2.05, 4.69) is 6.07 Å². The molecule has 0 heterocycles. The Labute approximate surface area is 104 Å². The molecule has 0 unspecified atom stereocenters. The number of nitrogens with zero attached hydrogens (tertiary/aromatic N) is 2.